The van der Waals surface area contributed by atoms with Gasteiger partial charge in [0.1, 0.15) is 5.69 Å². The van der Waals surface area contributed by atoms with E-state index >= 15 is 0 Å². The van der Waals surface area contributed by atoms with Crippen LogP contribution in [0.1, 0.15) is 41.5 Å². The molecule has 0 radical (unpaired) electrons. The molecule has 24 heavy (non-hydrogen) atoms. The fraction of sp³-hybridized carbons (Fsp3) is 0.375. The van der Waals surface area contributed by atoms with Gasteiger partial charge in [-0.05, 0) is 37.5 Å². The molecule has 0 bridgehead atoms. The number of hydrogen-bond acceptors (Lipinski definition) is 4. The van der Waals surface area contributed by atoms with Crippen molar-refractivity contribution < 1.29 is 9.59 Å². The number of hydrogen-bond donors (Lipinski definition) is 2. The number of carbonyl (C=O) groups excluding carboxylic acids is 2. The van der Waals surface area contributed by atoms with Gasteiger partial charge in [0.05, 0.1) is 23.6 Å². The van der Waals surface area contributed by atoms with Crippen molar-refractivity contribution in [3.63, 3.8) is 0 Å². The zero-order valence-corrected chi connectivity index (χ0v) is 13.5. The van der Waals surface area contributed by atoms with Crippen LogP contribution in [0.4, 0.5) is 10.5 Å². The van der Waals surface area contributed by atoms with Gasteiger partial charge in [-0.1, -0.05) is 0 Å². The Morgan fingerprint density at radius 3 is 2.75 bits per heavy atom. The van der Waals surface area contributed by atoms with E-state index in [9.17, 15) is 9.59 Å². The van der Waals surface area contributed by atoms with Crippen LogP contribution in [0.15, 0.2) is 30.6 Å². The Morgan fingerprint density at radius 2 is 2.12 bits per heavy atom. The molecule has 126 valence electrons. The van der Waals surface area contributed by atoms with Gasteiger partial charge in [-0.3, -0.25) is 9.48 Å². The highest BCUT2D eigenvalue weighted by atomic mass is 16.2. The summed E-state index contributed by atoms with van der Waals surface area (Å²) < 4.78 is 1.81. The highest BCUT2D eigenvalue weighted by Gasteiger charge is 2.29. The largest absolute Gasteiger partial charge is 0.364 e. The maximum Gasteiger partial charge on any atom is 0.322 e. The third-order valence-electron chi connectivity index (χ3n) is 4.23. The number of urea groups is 1. The summed E-state index contributed by atoms with van der Waals surface area (Å²) in [6.45, 7) is 0.689. The number of nitrogens with one attached hydrogen (secondary N) is 1. The van der Waals surface area contributed by atoms with Gasteiger partial charge in [0.25, 0.3) is 5.91 Å². The van der Waals surface area contributed by atoms with Crippen LogP contribution in [0, 0.1) is 0 Å². The lowest BCUT2D eigenvalue weighted by Gasteiger charge is -2.35. The summed E-state index contributed by atoms with van der Waals surface area (Å²) in [5.41, 5.74) is 6.88. The van der Waals surface area contributed by atoms with Gasteiger partial charge in [0, 0.05) is 19.8 Å². The molecule has 2 aromatic rings. The van der Waals surface area contributed by atoms with Crippen molar-refractivity contribution in [2.45, 2.75) is 25.3 Å². The lowest BCUT2D eigenvalue weighted by atomic mass is 10.00. The van der Waals surface area contributed by atoms with E-state index < -0.39 is 5.91 Å². The number of carbonyl (C=O) groups is 2. The highest BCUT2D eigenvalue weighted by Crippen LogP contribution is 2.30. The molecule has 8 heteroatoms. The average Bonchev–Trinajstić information content (AvgIpc) is 3.01. The van der Waals surface area contributed by atoms with Crippen LogP contribution in [0.25, 0.3) is 0 Å². The molecule has 0 unspecified atom stereocenters. The van der Waals surface area contributed by atoms with Gasteiger partial charge in [0.2, 0.25) is 0 Å². The maximum absolute atomic E-state index is 12.7. The maximum atomic E-state index is 12.7. The summed E-state index contributed by atoms with van der Waals surface area (Å²) in [6, 6.07) is 4.87. The standard InChI is InChI=1S/C16H20N6O2/c1-21-13(7-8-19-21)14-4-2-3-9-22(14)16(24)20-11-5-6-12(15(17)23)18-10-11/h5-8,10,14H,2-4,9H2,1H3,(H2,17,23)(H,20,24)/t14-/m0/s1. The normalized spacial score (nSPS) is 17.5. The van der Waals surface area contributed by atoms with Crippen LogP contribution >= 0.6 is 0 Å². The van der Waals surface area contributed by atoms with Crippen molar-refractivity contribution in [1.29, 1.82) is 0 Å². The number of anilines is 1. The van der Waals surface area contributed by atoms with Crippen LogP contribution in [0.3, 0.4) is 0 Å². The molecular weight excluding hydrogens is 308 g/mol. The van der Waals surface area contributed by atoms with Crippen molar-refractivity contribution in [2.75, 3.05) is 11.9 Å². The van der Waals surface area contributed by atoms with Gasteiger partial charge in [0.15, 0.2) is 0 Å². The topological polar surface area (TPSA) is 106 Å². The van der Waals surface area contributed by atoms with Crippen LogP contribution in [0.5, 0.6) is 0 Å². The van der Waals surface area contributed by atoms with Gasteiger partial charge in [-0.15, -0.1) is 0 Å². The van der Waals surface area contributed by atoms with Crippen LogP contribution in [0.2, 0.25) is 0 Å². The van der Waals surface area contributed by atoms with Crippen LogP contribution in [-0.2, 0) is 7.05 Å². The number of aromatic nitrogens is 3. The van der Waals surface area contributed by atoms with Crippen molar-refractivity contribution in [1.82, 2.24) is 19.7 Å². The summed E-state index contributed by atoms with van der Waals surface area (Å²) in [5, 5.41) is 7.03. The average molecular weight is 328 g/mol. The molecule has 2 aromatic heterocycles. The van der Waals surface area contributed by atoms with E-state index in [2.05, 4.69) is 15.4 Å². The number of primary amides is 1. The Labute approximate surface area is 139 Å². The second-order valence-corrected chi connectivity index (χ2v) is 5.81. The van der Waals surface area contributed by atoms with E-state index in [1.54, 1.807) is 16.9 Å². The molecule has 0 spiro atoms. The van der Waals surface area contributed by atoms with Crippen molar-refractivity contribution in [3.05, 3.63) is 42.0 Å². The number of rotatable bonds is 3. The Kier molecular flexibility index (Phi) is 4.45. The highest BCUT2D eigenvalue weighted by molar-refractivity contribution is 5.92. The summed E-state index contributed by atoms with van der Waals surface area (Å²) in [7, 11) is 1.88. The molecule has 0 aliphatic carbocycles. The Balaban J connectivity index is 1.74. The van der Waals surface area contributed by atoms with Gasteiger partial charge >= 0.3 is 6.03 Å². The zero-order valence-electron chi connectivity index (χ0n) is 13.5. The third kappa shape index (κ3) is 3.22. The molecule has 1 aliphatic heterocycles. The molecule has 0 aromatic carbocycles. The lowest BCUT2D eigenvalue weighted by Crippen LogP contribution is -2.41. The second kappa shape index (κ2) is 6.69. The second-order valence-electron chi connectivity index (χ2n) is 5.81. The lowest BCUT2D eigenvalue weighted by molar-refractivity contribution is 0.0995. The number of likely N-dealkylation sites (tertiary alicyclic amines) is 1. The van der Waals surface area contributed by atoms with E-state index in [1.165, 1.54) is 12.3 Å². The molecule has 8 nitrogen and oxygen atoms in total. The number of amides is 3. The third-order valence-corrected chi connectivity index (χ3v) is 4.23. The summed E-state index contributed by atoms with van der Waals surface area (Å²) >= 11 is 0. The number of pyridine rings is 1. The molecule has 1 aliphatic rings. The van der Waals surface area contributed by atoms with Gasteiger partial charge < -0.3 is 16.0 Å². The molecule has 3 N–H and O–H groups in total. The van der Waals surface area contributed by atoms with Crippen LogP contribution in [-0.4, -0.2) is 38.1 Å². The fourth-order valence-electron chi connectivity index (χ4n) is 3.00. The van der Waals surface area contributed by atoms with E-state index in [0.717, 1.165) is 25.0 Å². The van der Waals surface area contributed by atoms with E-state index in [-0.39, 0.29) is 17.8 Å². The molecule has 1 fully saturated rings. The van der Waals surface area contributed by atoms with Gasteiger partial charge in [-0.25, -0.2) is 9.78 Å². The molecule has 3 rings (SSSR count). The first-order valence-electron chi connectivity index (χ1n) is 7.87. The van der Waals surface area contributed by atoms with E-state index in [1.807, 2.05) is 18.0 Å². The minimum atomic E-state index is -0.597. The quantitative estimate of drug-likeness (QED) is 0.894. The first kappa shape index (κ1) is 16.0. The molecular formula is C16H20N6O2. The summed E-state index contributed by atoms with van der Waals surface area (Å²) in [5.74, 6) is -0.597. The minimum Gasteiger partial charge on any atom is -0.364 e. The predicted octanol–water partition coefficient (Wildman–Crippen LogP) is 1.67. The Bertz CT molecular complexity index is 739. The van der Waals surface area contributed by atoms with E-state index in [0.29, 0.717) is 12.2 Å². The van der Waals surface area contributed by atoms with Gasteiger partial charge in [-0.2, -0.15) is 5.10 Å². The number of piperidine rings is 1. The predicted molar refractivity (Wildman–Crippen MR) is 88.3 cm³/mol. The zero-order chi connectivity index (χ0) is 17.1. The number of nitrogens with zero attached hydrogens (tertiary/aromatic N) is 4. The van der Waals surface area contributed by atoms with Crippen molar-refractivity contribution in [3.8, 4) is 0 Å². The SMILES string of the molecule is Cn1nccc1[C@@H]1CCCCN1C(=O)Nc1ccc(C(N)=O)nc1. The molecule has 0 saturated carbocycles. The Hall–Kier alpha value is -2.90. The molecule has 3 heterocycles. The van der Waals surface area contributed by atoms with Crippen LogP contribution < -0.4 is 11.1 Å². The first-order valence-corrected chi connectivity index (χ1v) is 7.87. The molecule has 1 saturated heterocycles. The van der Waals surface area contributed by atoms with Crippen molar-refractivity contribution >= 4 is 17.6 Å². The number of aryl methyl sites for hydroxylation is 1. The Morgan fingerprint density at radius 1 is 1.29 bits per heavy atom. The fourth-order valence-corrected chi connectivity index (χ4v) is 3.00. The summed E-state index contributed by atoms with van der Waals surface area (Å²) in [4.78, 5) is 29.5. The molecule has 3 amide bonds. The monoisotopic (exact) mass is 328 g/mol. The smallest absolute Gasteiger partial charge is 0.322 e. The first-order chi connectivity index (χ1) is 11.6. The van der Waals surface area contributed by atoms with E-state index in [4.69, 9.17) is 5.73 Å². The number of nitrogens with two attached hydrogens (primary N) is 1. The minimum absolute atomic E-state index is 0.00380. The van der Waals surface area contributed by atoms with Crippen molar-refractivity contribution in [2.24, 2.45) is 12.8 Å². The summed E-state index contributed by atoms with van der Waals surface area (Å²) in [6.07, 6.45) is 6.13. The molecule has 1 atom stereocenters.